The predicted octanol–water partition coefficient (Wildman–Crippen LogP) is 2.98. The van der Waals surface area contributed by atoms with E-state index in [1.807, 2.05) is 35.7 Å². The maximum absolute atomic E-state index is 12.6. The smallest absolute Gasteiger partial charge is 0.227 e. The number of aryl methyl sites for hydroxylation is 1. The van der Waals surface area contributed by atoms with Gasteiger partial charge in [-0.05, 0) is 36.4 Å². The first-order valence-corrected chi connectivity index (χ1v) is 9.17. The van der Waals surface area contributed by atoms with Crippen LogP contribution in [-0.4, -0.2) is 38.7 Å². The molecule has 1 saturated heterocycles. The molecule has 0 unspecified atom stereocenters. The predicted molar refractivity (Wildman–Crippen MR) is 95.1 cm³/mol. The molecule has 24 heavy (non-hydrogen) atoms. The van der Waals surface area contributed by atoms with Crippen molar-refractivity contribution in [3.63, 3.8) is 0 Å². The third-order valence-corrected chi connectivity index (χ3v) is 5.58. The van der Waals surface area contributed by atoms with E-state index in [1.165, 1.54) is 0 Å². The first kappa shape index (κ1) is 15.3. The van der Waals surface area contributed by atoms with Gasteiger partial charge in [0, 0.05) is 42.0 Å². The second-order valence-corrected chi connectivity index (χ2v) is 7.38. The number of rotatable bonds is 3. The zero-order chi connectivity index (χ0) is 16.5. The quantitative estimate of drug-likeness (QED) is 0.736. The number of carbonyl (C=O) groups excluding carboxylic acids is 1. The average molecular weight is 340 g/mol. The minimum atomic E-state index is 0.226. The van der Waals surface area contributed by atoms with Gasteiger partial charge in [0.15, 0.2) is 5.65 Å². The molecule has 1 aliphatic rings. The molecule has 1 atom stereocenters. The van der Waals surface area contributed by atoms with Gasteiger partial charge in [-0.2, -0.15) is 5.10 Å². The second kappa shape index (κ2) is 6.36. The van der Waals surface area contributed by atoms with E-state index < -0.39 is 0 Å². The van der Waals surface area contributed by atoms with Crippen molar-refractivity contribution in [1.29, 1.82) is 0 Å². The van der Waals surface area contributed by atoms with Gasteiger partial charge in [-0.3, -0.25) is 9.48 Å². The van der Waals surface area contributed by atoms with Crippen molar-refractivity contribution in [2.75, 3.05) is 13.1 Å². The molecule has 6 heteroatoms. The number of nitrogens with zero attached hydrogens (tertiary/aromatic N) is 4. The Labute approximate surface area is 144 Å². The van der Waals surface area contributed by atoms with Crippen LogP contribution in [0.4, 0.5) is 0 Å². The zero-order valence-corrected chi connectivity index (χ0v) is 14.5. The Morgan fingerprint density at radius 1 is 1.38 bits per heavy atom. The molecule has 5 nitrogen and oxygen atoms in total. The van der Waals surface area contributed by atoms with Gasteiger partial charge in [0.1, 0.15) is 0 Å². The van der Waals surface area contributed by atoms with Gasteiger partial charge in [-0.15, -0.1) is 11.3 Å². The molecule has 4 rings (SSSR count). The van der Waals surface area contributed by atoms with Gasteiger partial charge in [0.05, 0.1) is 12.6 Å². The monoisotopic (exact) mass is 340 g/mol. The molecule has 0 bridgehead atoms. The highest BCUT2D eigenvalue weighted by Gasteiger charge is 2.26. The van der Waals surface area contributed by atoms with Crippen LogP contribution in [0.15, 0.2) is 35.8 Å². The van der Waals surface area contributed by atoms with E-state index in [0.717, 1.165) is 47.5 Å². The number of likely N-dealkylation sites (tertiary alicyclic amines) is 1. The lowest BCUT2D eigenvalue weighted by Gasteiger charge is -2.32. The summed E-state index contributed by atoms with van der Waals surface area (Å²) in [7, 11) is 1.91. The Balaban J connectivity index is 1.51. The molecule has 0 N–H and O–H groups in total. The lowest BCUT2D eigenvalue weighted by Crippen LogP contribution is -2.40. The fourth-order valence-corrected chi connectivity index (χ4v) is 4.08. The van der Waals surface area contributed by atoms with E-state index in [4.69, 9.17) is 4.98 Å². The van der Waals surface area contributed by atoms with Crippen molar-refractivity contribution in [3.8, 4) is 0 Å². The van der Waals surface area contributed by atoms with Crippen LogP contribution in [0.5, 0.6) is 0 Å². The topological polar surface area (TPSA) is 51.0 Å². The van der Waals surface area contributed by atoms with E-state index >= 15 is 0 Å². The molecule has 3 aromatic rings. The van der Waals surface area contributed by atoms with Gasteiger partial charge in [-0.25, -0.2) is 4.98 Å². The minimum Gasteiger partial charge on any atom is -0.342 e. The Morgan fingerprint density at radius 2 is 2.29 bits per heavy atom. The summed E-state index contributed by atoms with van der Waals surface area (Å²) in [5.74, 6) is 0.536. The molecule has 1 aliphatic heterocycles. The van der Waals surface area contributed by atoms with Gasteiger partial charge in [0.25, 0.3) is 0 Å². The van der Waals surface area contributed by atoms with Crippen molar-refractivity contribution < 1.29 is 4.79 Å². The Hall–Kier alpha value is -2.21. The normalized spacial score (nSPS) is 18.2. The van der Waals surface area contributed by atoms with Gasteiger partial charge in [0.2, 0.25) is 5.91 Å². The third kappa shape index (κ3) is 2.94. The van der Waals surface area contributed by atoms with Crippen molar-refractivity contribution in [1.82, 2.24) is 19.7 Å². The highest BCUT2D eigenvalue weighted by molar-refractivity contribution is 7.10. The summed E-state index contributed by atoms with van der Waals surface area (Å²) in [4.78, 5) is 20.5. The standard InChI is InChI=1S/C18H20N4OS/c1-21-18-13(11-19-21)6-7-16(20-18)14-4-2-8-22(12-14)17(23)10-15-5-3-9-24-15/h3,5-7,9,11,14H,2,4,8,10,12H2,1H3/t14-/m1/s1. The third-order valence-electron chi connectivity index (χ3n) is 4.70. The average Bonchev–Trinajstić information content (AvgIpc) is 3.25. The number of hydrogen-bond acceptors (Lipinski definition) is 4. The van der Waals surface area contributed by atoms with Crippen LogP contribution in [0.3, 0.4) is 0 Å². The summed E-state index contributed by atoms with van der Waals surface area (Å²) in [6.45, 7) is 1.62. The van der Waals surface area contributed by atoms with Crippen LogP contribution >= 0.6 is 11.3 Å². The molecular formula is C18H20N4OS. The zero-order valence-electron chi connectivity index (χ0n) is 13.7. The Bertz CT molecular complexity index is 855. The van der Waals surface area contributed by atoms with Crippen LogP contribution in [0.1, 0.15) is 29.3 Å². The summed E-state index contributed by atoms with van der Waals surface area (Å²) in [6.07, 6.45) is 4.47. The number of thiophene rings is 1. The summed E-state index contributed by atoms with van der Waals surface area (Å²) in [5, 5.41) is 7.34. The second-order valence-electron chi connectivity index (χ2n) is 6.35. The lowest BCUT2D eigenvalue weighted by molar-refractivity contribution is -0.131. The molecule has 0 spiro atoms. The molecule has 3 aromatic heterocycles. The van der Waals surface area contributed by atoms with Crippen LogP contribution in [-0.2, 0) is 18.3 Å². The first-order chi connectivity index (χ1) is 11.7. The van der Waals surface area contributed by atoms with Crippen LogP contribution in [0.2, 0.25) is 0 Å². The molecular weight excluding hydrogens is 320 g/mol. The van der Waals surface area contributed by atoms with Gasteiger partial charge >= 0.3 is 0 Å². The van der Waals surface area contributed by atoms with Crippen molar-refractivity contribution in [2.45, 2.75) is 25.2 Å². The van der Waals surface area contributed by atoms with Gasteiger partial charge in [-0.1, -0.05) is 6.07 Å². The minimum absolute atomic E-state index is 0.226. The summed E-state index contributed by atoms with van der Waals surface area (Å²) in [6, 6.07) is 8.19. The fraction of sp³-hybridized carbons (Fsp3) is 0.389. The molecule has 0 radical (unpaired) electrons. The largest absolute Gasteiger partial charge is 0.342 e. The molecule has 0 aliphatic carbocycles. The first-order valence-electron chi connectivity index (χ1n) is 8.29. The van der Waals surface area contributed by atoms with Crippen LogP contribution < -0.4 is 0 Å². The van der Waals surface area contributed by atoms with Crippen LogP contribution in [0, 0.1) is 0 Å². The van der Waals surface area contributed by atoms with E-state index in [1.54, 1.807) is 16.0 Å². The Morgan fingerprint density at radius 3 is 3.12 bits per heavy atom. The highest BCUT2D eigenvalue weighted by Crippen LogP contribution is 2.27. The fourth-order valence-electron chi connectivity index (χ4n) is 3.38. The lowest BCUT2D eigenvalue weighted by atomic mass is 9.94. The Kier molecular flexibility index (Phi) is 4.06. The van der Waals surface area contributed by atoms with Gasteiger partial charge < -0.3 is 4.90 Å². The number of fused-ring (bicyclic) bond motifs is 1. The summed E-state index contributed by atoms with van der Waals surface area (Å²) < 4.78 is 1.81. The SMILES string of the molecule is Cn1ncc2ccc([C@@H]3CCCN(C(=O)Cc4cccs4)C3)nc21. The number of amides is 1. The van der Waals surface area contributed by atoms with E-state index in [9.17, 15) is 4.79 Å². The highest BCUT2D eigenvalue weighted by atomic mass is 32.1. The molecule has 1 amide bonds. The van der Waals surface area contributed by atoms with E-state index in [2.05, 4.69) is 17.2 Å². The molecule has 0 aromatic carbocycles. The maximum atomic E-state index is 12.6. The summed E-state index contributed by atoms with van der Waals surface area (Å²) in [5.41, 5.74) is 1.98. The van der Waals surface area contributed by atoms with Crippen molar-refractivity contribution in [3.05, 3.63) is 46.4 Å². The summed E-state index contributed by atoms with van der Waals surface area (Å²) >= 11 is 1.65. The van der Waals surface area contributed by atoms with Crippen molar-refractivity contribution >= 4 is 28.3 Å². The van der Waals surface area contributed by atoms with Crippen LogP contribution in [0.25, 0.3) is 11.0 Å². The number of pyridine rings is 1. The number of aromatic nitrogens is 3. The van der Waals surface area contributed by atoms with Crippen molar-refractivity contribution in [2.24, 2.45) is 7.05 Å². The van der Waals surface area contributed by atoms with E-state index in [0.29, 0.717) is 12.3 Å². The number of hydrogen-bond donors (Lipinski definition) is 0. The molecule has 4 heterocycles. The molecule has 0 saturated carbocycles. The maximum Gasteiger partial charge on any atom is 0.227 e. The molecule has 1 fully saturated rings. The molecule has 124 valence electrons. The number of carbonyl (C=O) groups is 1. The van der Waals surface area contributed by atoms with E-state index in [-0.39, 0.29) is 5.91 Å². The number of piperidine rings is 1.